The van der Waals surface area contributed by atoms with Gasteiger partial charge in [-0.15, -0.1) is 0 Å². The molecule has 2 heterocycles. The van der Waals surface area contributed by atoms with Gasteiger partial charge in [0.15, 0.2) is 8.32 Å². The molecule has 3 atom stereocenters. The number of nitrogens with zero attached hydrogens (tertiary/aromatic N) is 1. The molecule has 0 saturated carbocycles. The maximum atomic E-state index is 9.19. The molecule has 0 aliphatic carbocycles. The fourth-order valence-electron chi connectivity index (χ4n) is 2.50. The second-order valence-electron chi connectivity index (χ2n) is 7.06. The lowest BCUT2D eigenvalue weighted by atomic mass is 10.1. The Bertz CT molecular complexity index is 303. The van der Waals surface area contributed by atoms with Crippen molar-refractivity contribution in [3.05, 3.63) is 0 Å². The zero-order chi connectivity index (χ0) is 13.6. The number of hydrogen-bond acceptors (Lipinski definition) is 4. The van der Waals surface area contributed by atoms with Crippen LogP contribution in [0.5, 0.6) is 0 Å². The minimum Gasteiger partial charge on any atom is -0.412 e. The van der Waals surface area contributed by atoms with E-state index in [9.17, 15) is 5.11 Å². The van der Waals surface area contributed by atoms with E-state index in [2.05, 4.69) is 33.9 Å². The van der Waals surface area contributed by atoms with E-state index in [1.54, 1.807) is 0 Å². The van der Waals surface area contributed by atoms with Crippen molar-refractivity contribution in [3.8, 4) is 0 Å². The summed E-state index contributed by atoms with van der Waals surface area (Å²) in [6, 6.07) is 0.344. The van der Waals surface area contributed by atoms with Crippen molar-refractivity contribution < 1.29 is 14.4 Å². The maximum absolute atomic E-state index is 9.19. The lowest BCUT2D eigenvalue weighted by Crippen LogP contribution is -2.46. The fourth-order valence-corrected chi connectivity index (χ4v) is 3.89. The van der Waals surface area contributed by atoms with Gasteiger partial charge in [-0.3, -0.25) is 4.84 Å². The highest BCUT2D eigenvalue weighted by atomic mass is 28.4. The summed E-state index contributed by atoms with van der Waals surface area (Å²) in [5.74, 6) is 0. The molecular formula is C13H27NO3Si. The van der Waals surface area contributed by atoms with Crippen LogP contribution in [-0.4, -0.2) is 49.9 Å². The summed E-state index contributed by atoms with van der Waals surface area (Å²) in [5.41, 5.74) is 0. The summed E-state index contributed by atoms with van der Waals surface area (Å²) in [7, 11) is -1.71. The van der Waals surface area contributed by atoms with Gasteiger partial charge >= 0.3 is 0 Å². The highest BCUT2D eigenvalue weighted by Crippen LogP contribution is 2.41. The molecule has 0 radical (unpaired) electrons. The van der Waals surface area contributed by atoms with Crippen LogP contribution in [0.2, 0.25) is 18.1 Å². The van der Waals surface area contributed by atoms with Gasteiger partial charge in [0.25, 0.3) is 0 Å². The van der Waals surface area contributed by atoms with E-state index in [1.165, 1.54) is 0 Å². The monoisotopic (exact) mass is 273 g/mol. The van der Waals surface area contributed by atoms with E-state index >= 15 is 0 Å². The topological polar surface area (TPSA) is 41.9 Å². The van der Waals surface area contributed by atoms with E-state index in [4.69, 9.17) is 9.26 Å². The third-order valence-electron chi connectivity index (χ3n) is 4.68. The molecule has 5 heteroatoms. The van der Waals surface area contributed by atoms with Crippen LogP contribution in [0.15, 0.2) is 0 Å². The number of aliphatic hydroxyl groups is 1. The number of hydrogen-bond donors (Lipinski definition) is 1. The van der Waals surface area contributed by atoms with E-state index in [0.29, 0.717) is 6.04 Å². The van der Waals surface area contributed by atoms with Gasteiger partial charge in [0.1, 0.15) is 6.10 Å². The average molecular weight is 273 g/mol. The van der Waals surface area contributed by atoms with Crippen molar-refractivity contribution in [2.45, 2.75) is 70.0 Å². The molecule has 4 nitrogen and oxygen atoms in total. The normalized spacial score (nSPS) is 34.0. The molecule has 2 saturated heterocycles. The smallest absolute Gasteiger partial charge is 0.192 e. The van der Waals surface area contributed by atoms with Gasteiger partial charge in [0, 0.05) is 6.54 Å². The molecule has 2 aliphatic rings. The lowest BCUT2D eigenvalue weighted by Gasteiger charge is -2.39. The highest BCUT2D eigenvalue weighted by Gasteiger charge is 2.47. The number of rotatable bonds is 3. The Balaban J connectivity index is 1.99. The molecule has 106 valence electrons. The third-order valence-corrected chi connectivity index (χ3v) is 9.18. The van der Waals surface area contributed by atoms with Crippen molar-refractivity contribution in [1.82, 2.24) is 5.06 Å². The summed E-state index contributed by atoms with van der Waals surface area (Å²) in [5, 5.41) is 11.5. The van der Waals surface area contributed by atoms with E-state index in [1.807, 2.05) is 5.06 Å². The molecule has 0 spiro atoms. The zero-order valence-electron chi connectivity index (χ0n) is 12.3. The molecule has 0 unspecified atom stereocenters. The van der Waals surface area contributed by atoms with Crippen LogP contribution < -0.4 is 0 Å². The second-order valence-corrected chi connectivity index (χ2v) is 11.8. The maximum Gasteiger partial charge on any atom is 0.192 e. The summed E-state index contributed by atoms with van der Waals surface area (Å²) >= 11 is 0. The van der Waals surface area contributed by atoms with E-state index in [0.717, 1.165) is 19.4 Å². The largest absolute Gasteiger partial charge is 0.412 e. The quantitative estimate of drug-likeness (QED) is 0.800. The highest BCUT2D eigenvalue weighted by molar-refractivity contribution is 6.74. The van der Waals surface area contributed by atoms with Crippen LogP contribution in [0, 0.1) is 0 Å². The summed E-state index contributed by atoms with van der Waals surface area (Å²) in [6.45, 7) is 12.5. The molecule has 2 aliphatic heterocycles. The van der Waals surface area contributed by atoms with E-state index in [-0.39, 0.29) is 23.9 Å². The molecule has 0 aromatic carbocycles. The van der Waals surface area contributed by atoms with Crippen LogP contribution in [0.3, 0.4) is 0 Å². The Kier molecular flexibility index (Phi) is 3.91. The first kappa shape index (κ1) is 14.5. The van der Waals surface area contributed by atoms with Crippen molar-refractivity contribution in [2.75, 3.05) is 13.2 Å². The van der Waals surface area contributed by atoms with Crippen molar-refractivity contribution in [1.29, 1.82) is 0 Å². The Morgan fingerprint density at radius 2 is 2.06 bits per heavy atom. The molecule has 1 N–H and O–H groups in total. The molecule has 2 rings (SSSR count). The lowest BCUT2D eigenvalue weighted by molar-refractivity contribution is -0.159. The zero-order valence-corrected chi connectivity index (χ0v) is 13.3. The molecule has 0 amide bonds. The van der Waals surface area contributed by atoms with Crippen molar-refractivity contribution in [3.63, 3.8) is 0 Å². The second kappa shape index (κ2) is 4.87. The minimum atomic E-state index is -1.71. The predicted octanol–water partition coefficient (Wildman–Crippen LogP) is 2.15. The van der Waals surface area contributed by atoms with Crippen molar-refractivity contribution >= 4 is 8.32 Å². The Morgan fingerprint density at radius 1 is 1.39 bits per heavy atom. The average Bonchev–Trinajstić information content (AvgIpc) is 2.78. The van der Waals surface area contributed by atoms with E-state index < -0.39 is 8.32 Å². The van der Waals surface area contributed by atoms with Gasteiger partial charge in [-0.2, -0.15) is 5.06 Å². The van der Waals surface area contributed by atoms with Gasteiger partial charge in [0.2, 0.25) is 0 Å². The SMILES string of the molecule is CC(C)(C)[Si](C)(C)O[C@H]1CCN2O[C@@H](CO)C[C@H]12. The third kappa shape index (κ3) is 2.65. The first-order valence-corrected chi connectivity index (χ1v) is 9.87. The number of fused-ring (bicyclic) bond motifs is 1. The van der Waals surface area contributed by atoms with Gasteiger partial charge in [-0.1, -0.05) is 20.8 Å². The van der Waals surface area contributed by atoms with Gasteiger partial charge in [0.05, 0.1) is 18.8 Å². The fraction of sp³-hybridized carbons (Fsp3) is 1.00. The van der Waals surface area contributed by atoms with Crippen molar-refractivity contribution in [2.24, 2.45) is 0 Å². The number of hydroxylamine groups is 2. The summed E-state index contributed by atoms with van der Waals surface area (Å²) in [4.78, 5) is 5.68. The Morgan fingerprint density at radius 3 is 2.61 bits per heavy atom. The van der Waals surface area contributed by atoms with Crippen LogP contribution in [0.4, 0.5) is 0 Å². The number of aliphatic hydroxyl groups excluding tert-OH is 1. The van der Waals surface area contributed by atoms with Crippen LogP contribution >= 0.6 is 0 Å². The first-order chi connectivity index (χ1) is 8.24. The summed E-state index contributed by atoms with van der Waals surface area (Å²) in [6.07, 6.45) is 2.20. The molecule has 0 aromatic heterocycles. The standard InChI is InChI=1S/C13H27NO3Si/c1-13(2,3)18(4,5)17-12-6-7-14-11(12)8-10(9-15)16-14/h10-12,15H,6-9H2,1-5H3/t10-,11-,12+/m1/s1. The minimum absolute atomic E-state index is 0.0270. The van der Waals surface area contributed by atoms with Crippen LogP contribution in [0.25, 0.3) is 0 Å². The van der Waals surface area contributed by atoms with Gasteiger partial charge in [-0.05, 0) is 31.0 Å². The van der Waals surface area contributed by atoms with Gasteiger partial charge in [-0.25, -0.2) is 0 Å². The molecule has 18 heavy (non-hydrogen) atoms. The molecule has 2 fully saturated rings. The molecule has 0 aromatic rings. The Hall–Kier alpha value is 0.0569. The van der Waals surface area contributed by atoms with Crippen LogP contribution in [0.1, 0.15) is 33.6 Å². The van der Waals surface area contributed by atoms with Gasteiger partial charge < -0.3 is 9.53 Å². The first-order valence-electron chi connectivity index (χ1n) is 6.97. The summed E-state index contributed by atoms with van der Waals surface area (Å²) < 4.78 is 6.51. The van der Waals surface area contributed by atoms with Crippen LogP contribution in [-0.2, 0) is 9.26 Å². The predicted molar refractivity (Wildman–Crippen MR) is 73.8 cm³/mol. The molecule has 0 bridgehead atoms. The Labute approximate surface area is 111 Å². The molecular weight excluding hydrogens is 246 g/mol.